The van der Waals surface area contributed by atoms with Gasteiger partial charge in [-0.1, -0.05) is 21.1 Å². The molecule has 1 amide bonds. The number of nitrogens with one attached hydrogen (secondary N) is 1. The summed E-state index contributed by atoms with van der Waals surface area (Å²) in [4.78, 5) is 27.6. The van der Waals surface area contributed by atoms with Gasteiger partial charge in [0.15, 0.2) is 5.71 Å². The molecule has 0 aromatic heterocycles. The second kappa shape index (κ2) is 5.83. The van der Waals surface area contributed by atoms with Crippen LogP contribution in [-0.4, -0.2) is 30.8 Å². The van der Waals surface area contributed by atoms with E-state index in [9.17, 15) is 9.59 Å². The number of nitrogens with zero attached hydrogens (tertiary/aromatic N) is 1. The first kappa shape index (κ1) is 13.5. The number of anilines is 1. The molecule has 1 aromatic carbocycles. The molecular formula is C12H11BrN2O4. The lowest BCUT2D eigenvalue weighted by Crippen LogP contribution is -2.16. The van der Waals surface area contributed by atoms with E-state index in [0.717, 1.165) is 4.47 Å². The van der Waals surface area contributed by atoms with Crippen molar-refractivity contribution in [1.82, 2.24) is 0 Å². The molecule has 0 aliphatic carbocycles. The van der Waals surface area contributed by atoms with Gasteiger partial charge in [-0.3, -0.25) is 4.79 Å². The van der Waals surface area contributed by atoms with Crippen molar-refractivity contribution in [2.45, 2.75) is 6.92 Å². The van der Waals surface area contributed by atoms with Crippen LogP contribution in [0.15, 0.2) is 27.8 Å². The number of halogens is 1. The van der Waals surface area contributed by atoms with Gasteiger partial charge < -0.3 is 14.9 Å². The van der Waals surface area contributed by atoms with Crippen molar-refractivity contribution in [2.75, 3.05) is 18.5 Å². The fourth-order valence-corrected chi connectivity index (χ4v) is 1.93. The molecule has 100 valence electrons. The summed E-state index contributed by atoms with van der Waals surface area (Å²) in [6.07, 6.45) is 0. The molecular weight excluding hydrogens is 316 g/mol. The highest BCUT2D eigenvalue weighted by Gasteiger charge is 2.27. The average molecular weight is 327 g/mol. The van der Waals surface area contributed by atoms with E-state index in [1.165, 1.54) is 0 Å². The molecule has 0 bridgehead atoms. The maximum Gasteiger partial charge on any atom is 0.347 e. The van der Waals surface area contributed by atoms with Gasteiger partial charge in [-0.2, -0.15) is 0 Å². The summed E-state index contributed by atoms with van der Waals surface area (Å²) in [5.74, 6) is -0.892. The summed E-state index contributed by atoms with van der Waals surface area (Å²) in [5, 5.41) is 6.34. The van der Waals surface area contributed by atoms with Crippen LogP contribution in [0.4, 0.5) is 5.69 Å². The Kier molecular flexibility index (Phi) is 4.16. The Labute approximate surface area is 117 Å². The largest absolute Gasteiger partial charge is 0.463 e. The van der Waals surface area contributed by atoms with Crippen LogP contribution in [-0.2, 0) is 19.2 Å². The molecule has 19 heavy (non-hydrogen) atoms. The van der Waals surface area contributed by atoms with Gasteiger partial charge in [0.1, 0.15) is 0 Å². The first-order valence-corrected chi connectivity index (χ1v) is 6.38. The van der Waals surface area contributed by atoms with Gasteiger partial charge >= 0.3 is 5.97 Å². The Hall–Kier alpha value is -1.89. The molecule has 0 saturated heterocycles. The van der Waals surface area contributed by atoms with E-state index in [2.05, 4.69) is 31.1 Å². The van der Waals surface area contributed by atoms with Crippen LogP contribution in [0.25, 0.3) is 0 Å². The SMILES string of the molecule is CCOC(=O)CO/N=C1\C(=O)Nc2ccc(Br)cc21. The van der Waals surface area contributed by atoms with Gasteiger partial charge in [-0.15, -0.1) is 0 Å². The second-order valence-electron chi connectivity index (χ2n) is 3.66. The smallest absolute Gasteiger partial charge is 0.347 e. The van der Waals surface area contributed by atoms with Crippen molar-refractivity contribution in [3.05, 3.63) is 28.2 Å². The first-order chi connectivity index (χ1) is 9.11. The van der Waals surface area contributed by atoms with Crippen LogP contribution >= 0.6 is 15.9 Å². The molecule has 6 nitrogen and oxygen atoms in total. The Morgan fingerprint density at radius 2 is 2.26 bits per heavy atom. The van der Waals surface area contributed by atoms with E-state index in [1.807, 2.05) is 6.07 Å². The molecule has 1 aliphatic rings. The van der Waals surface area contributed by atoms with E-state index < -0.39 is 5.97 Å². The summed E-state index contributed by atoms with van der Waals surface area (Å²) < 4.78 is 5.50. The zero-order valence-electron chi connectivity index (χ0n) is 10.1. The number of amides is 1. The first-order valence-electron chi connectivity index (χ1n) is 5.58. The number of hydrogen-bond acceptors (Lipinski definition) is 5. The van der Waals surface area contributed by atoms with Crippen LogP contribution in [0.2, 0.25) is 0 Å². The molecule has 0 fully saturated rings. The summed E-state index contributed by atoms with van der Waals surface area (Å²) >= 11 is 3.32. The molecule has 2 rings (SSSR count). The fourth-order valence-electron chi connectivity index (χ4n) is 1.57. The summed E-state index contributed by atoms with van der Waals surface area (Å²) in [7, 11) is 0. The number of carbonyl (C=O) groups is 2. The van der Waals surface area contributed by atoms with E-state index in [1.54, 1.807) is 19.1 Å². The molecule has 0 spiro atoms. The highest BCUT2D eigenvalue weighted by molar-refractivity contribution is 9.10. The lowest BCUT2D eigenvalue weighted by atomic mass is 10.1. The van der Waals surface area contributed by atoms with Crippen LogP contribution < -0.4 is 5.32 Å². The van der Waals surface area contributed by atoms with Crippen molar-refractivity contribution < 1.29 is 19.2 Å². The maximum absolute atomic E-state index is 11.7. The number of oxime groups is 1. The molecule has 0 atom stereocenters. The molecule has 0 unspecified atom stereocenters. The molecule has 0 radical (unpaired) electrons. The molecule has 1 N–H and O–H groups in total. The van der Waals surface area contributed by atoms with Crippen LogP contribution in [0.3, 0.4) is 0 Å². The Balaban J connectivity index is 2.11. The third kappa shape index (κ3) is 3.11. The van der Waals surface area contributed by atoms with Crippen molar-refractivity contribution in [1.29, 1.82) is 0 Å². The minimum Gasteiger partial charge on any atom is -0.463 e. The summed E-state index contributed by atoms with van der Waals surface area (Å²) in [6, 6.07) is 5.31. The predicted molar refractivity (Wildman–Crippen MR) is 71.9 cm³/mol. The van der Waals surface area contributed by atoms with Crippen molar-refractivity contribution in [3.63, 3.8) is 0 Å². The quantitative estimate of drug-likeness (QED) is 0.674. The van der Waals surface area contributed by atoms with Crippen LogP contribution in [0.1, 0.15) is 12.5 Å². The van der Waals surface area contributed by atoms with Gasteiger partial charge in [0.2, 0.25) is 6.61 Å². The van der Waals surface area contributed by atoms with Gasteiger partial charge in [0, 0.05) is 10.0 Å². The number of benzene rings is 1. The lowest BCUT2D eigenvalue weighted by Gasteiger charge is -2.01. The van der Waals surface area contributed by atoms with E-state index >= 15 is 0 Å². The predicted octanol–water partition coefficient (Wildman–Crippen LogP) is 1.68. The standard InChI is InChI=1S/C12H11BrN2O4/c1-2-18-10(16)6-19-15-11-8-5-7(13)3-4-9(8)14-12(11)17/h3-5H,2,6H2,1H3,(H,14,15,17). The van der Waals surface area contributed by atoms with E-state index in [4.69, 9.17) is 4.84 Å². The Bertz CT molecular complexity index is 557. The number of carbonyl (C=O) groups excluding carboxylic acids is 2. The zero-order valence-corrected chi connectivity index (χ0v) is 11.7. The number of hydrogen-bond donors (Lipinski definition) is 1. The Morgan fingerprint density at radius 3 is 3.00 bits per heavy atom. The second-order valence-corrected chi connectivity index (χ2v) is 4.58. The summed E-state index contributed by atoms with van der Waals surface area (Å²) in [5.41, 5.74) is 1.43. The molecule has 1 aromatic rings. The Morgan fingerprint density at radius 1 is 1.47 bits per heavy atom. The van der Waals surface area contributed by atoms with Gasteiger partial charge in [0.05, 0.1) is 12.3 Å². The van der Waals surface area contributed by atoms with Crippen molar-refractivity contribution >= 4 is 39.2 Å². The van der Waals surface area contributed by atoms with Crippen molar-refractivity contribution in [2.24, 2.45) is 5.16 Å². The monoisotopic (exact) mass is 326 g/mol. The third-order valence-corrected chi connectivity index (χ3v) is 2.84. The average Bonchev–Trinajstić information content (AvgIpc) is 2.66. The zero-order chi connectivity index (χ0) is 13.8. The van der Waals surface area contributed by atoms with Gasteiger partial charge in [-0.05, 0) is 25.1 Å². The normalized spacial score (nSPS) is 15.1. The molecule has 1 heterocycles. The minimum absolute atomic E-state index is 0.139. The number of esters is 1. The molecule has 0 saturated carbocycles. The highest BCUT2D eigenvalue weighted by atomic mass is 79.9. The lowest BCUT2D eigenvalue weighted by molar-refractivity contribution is -0.148. The fraction of sp³-hybridized carbons (Fsp3) is 0.250. The summed E-state index contributed by atoms with van der Waals surface area (Å²) in [6.45, 7) is 1.64. The maximum atomic E-state index is 11.7. The molecule has 7 heteroatoms. The van der Waals surface area contributed by atoms with E-state index in [-0.39, 0.29) is 24.8 Å². The number of rotatable bonds is 4. The number of ether oxygens (including phenoxy) is 1. The van der Waals surface area contributed by atoms with Crippen molar-refractivity contribution in [3.8, 4) is 0 Å². The third-order valence-electron chi connectivity index (χ3n) is 2.34. The van der Waals surface area contributed by atoms with Crippen LogP contribution in [0, 0.1) is 0 Å². The van der Waals surface area contributed by atoms with Gasteiger partial charge in [-0.25, -0.2) is 4.79 Å². The number of fused-ring (bicyclic) bond motifs is 1. The van der Waals surface area contributed by atoms with Crippen LogP contribution in [0.5, 0.6) is 0 Å². The minimum atomic E-state index is -0.528. The highest BCUT2D eigenvalue weighted by Crippen LogP contribution is 2.26. The van der Waals surface area contributed by atoms with Gasteiger partial charge in [0.25, 0.3) is 5.91 Å². The molecule has 1 aliphatic heterocycles. The van der Waals surface area contributed by atoms with E-state index in [0.29, 0.717) is 11.3 Å². The topological polar surface area (TPSA) is 77.0 Å².